The van der Waals surface area contributed by atoms with Crippen molar-refractivity contribution in [2.75, 3.05) is 6.54 Å². The molecule has 0 unspecified atom stereocenters. The number of hydrogen-bond acceptors (Lipinski definition) is 2. The minimum absolute atomic E-state index is 0.293. The SMILES string of the molecule is Cc1ccc(CCCNS(=O)(=O)c2ccc(Br)cc2)cc1. The lowest BCUT2D eigenvalue weighted by Crippen LogP contribution is -2.25. The molecule has 3 nitrogen and oxygen atoms in total. The van der Waals surface area contributed by atoms with E-state index in [2.05, 4.69) is 51.8 Å². The summed E-state index contributed by atoms with van der Waals surface area (Å²) >= 11 is 3.29. The Labute approximate surface area is 134 Å². The minimum atomic E-state index is -3.41. The zero-order valence-electron chi connectivity index (χ0n) is 11.8. The van der Waals surface area contributed by atoms with Gasteiger partial charge in [0.25, 0.3) is 0 Å². The highest BCUT2D eigenvalue weighted by atomic mass is 79.9. The molecule has 0 spiro atoms. The highest BCUT2D eigenvalue weighted by molar-refractivity contribution is 9.10. The van der Waals surface area contributed by atoms with Gasteiger partial charge in [0.2, 0.25) is 10.0 Å². The van der Waals surface area contributed by atoms with Crippen molar-refractivity contribution in [3.8, 4) is 0 Å². The van der Waals surface area contributed by atoms with Crippen LogP contribution in [0.4, 0.5) is 0 Å². The van der Waals surface area contributed by atoms with Gasteiger partial charge >= 0.3 is 0 Å². The Hall–Kier alpha value is -1.17. The number of sulfonamides is 1. The lowest BCUT2D eigenvalue weighted by atomic mass is 10.1. The highest BCUT2D eigenvalue weighted by Crippen LogP contribution is 2.14. The molecule has 0 bridgehead atoms. The van der Waals surface area contributed by atoms with E-state index in [1.165, 1.54) is 11.1 Å². The van der Waals surface area contributed by atoms with Crippen LogP contribution in [0.15, 0.2) is 57.9 Å². The smallest absolute Gasteiger partial charge is 0.211 e. The fourth-order valence-electron chi connectivity index (χ4n) is 1.95. The van der Waals surface area contributed by atoms with E-state index in [-0.39, 0.29) is 0 Å². The maximum absolute atomic E-state index is 12.1. The molecule has 2 aromatic rings. The van der Waals surface area contributed by atoms with Crippen LogP contribution in [0.25, 0.3) is 0 Å². The highest BCUT2D eigenvalue weighted by Gasteiger charge is 2.12. The zero-order valence-corrected chi connectivity index (χ0v) is 14.2. The van der Waals surface area contributed by atoms with Crippen LogP contribution in [-0.4, -0.2) is 15.0 Å². The maximum Gasteiger partial charge on any atom is 0.240 e. The van der Waals surface area contributed by atoms with E-state index in [1.54, 1.807) is 24.3 Å². The van der Waals surface area contributed by atoms with Gasteiger partial charge in [-0.2, -0.15) is 0 Å². The quantitative estimate of drug-likeness (QED) is 0.791. The second kappa shape index (κ2) is 7.20. The Morgan fingerprint density at radius 1 is 1.00 bits per heavy atom. The molecule has 0 amide bonds. The molecule has 5 heteroatoms. The normalized spacial score (nSPS) is 11.5. The molecule has 0 radical (unpaired) electrons. The van der Waals surface area contributed by atoms with Crippen LogP contribution in [0.1, 0.15) is 17.5 Å². The Morgan fingerprint density at radius 3 is 2.24 bits per heavy atom. The molecule has 21 heavy (non-hydrogen) atoms. The third-order valence-corrected chi connectivity index (χ3v) is 5.18. The summed E-state index contributed by atoms with van der Waals surface area (Å²) in [6.07, 6.45) is 1.64. The first kappa shape index (κ1) is 16.2. The Kier molecular flexibility index (Phi) is 5.56. The monoisotopic (exact) mass is 367 g/mol. The molecule has 0 saturated heterocycles. The molecule has 2 rings (SSSR count). The van der Waals surface area contributed by atoms with Gasteiger partial charge in [-0.25, -0.2) is 13.1 Å². The van der Waals surface area contributed by atoms with Gasteiger partial charge < -0.3 is 0 Å². The van der Waals surface area contributed by atoms with Gasteiger partial charge in [-0.15, -0.1) is 0 Å². The predicted octanol–water partition coefficient (Wildman–Crippen LogP) is 3.67. The van der Waals surface area contributed by atoms with E-state index in [9.17, 15) is 8.42 Å². The Balaban J connectivity index is 1.85. The standard InChI is InChI=1S/C16H18BrNO2S/c1-13-4-6-14(7-5-13)3-2-12-18-21(19,20)16-10-8-15(17)9-11-16/h4-11,18H,2-3,12H2,1H3. The van der Waals surface area contributed by atoms with Crippen molar-refractivity contribution >= 4 is 26.0 Å². The summed E-state index contributed by atoms with van der Waals surface area (Å²) < 4.78 is 27.6. The molecule has 0 fully saturated rings. The average Bonchev–Trinajstić information content (AvgIpc) is 2.46. The fourth-order valence-corrected chi connectivity index (χ4v) is 3.29. The van der Waals surface area contributed by atoms with Crippen molar-refractivity contribution in [2.45, 2.75) is 24.7 Å². The number of hydrogen-bond donors (Lipinski definition) is 1. The third-order valence-electron chi connectivity index (χ3n) is 3.18. The number of aryl methyl sites for hydroxylation is 2. The molecule has 0 aromatic heterocycles. The third kappa shape index (κ3) is 4.95. The molecule has 0 aliphatic heterocycles. The van der Waals surface area contributed by atoms with E-state index < -0.39 is 10.0 Å². The summed E-state index contributed by atoms with van der Waals surface area (Å²) in [5, 5.41) is 0. The molecule has 0 saturated carbocycles. The summed E-state index contributed by atoms with van der Waals surface area (Å²) in [7, 11) is -3.41. The first-order valence-corrected chi connectivity index (χ1v) is 9.06. The predicted molar refractivity (Wildman–Crippen MR) is 88.8 cm³/mol. The number of halogens is 1. The maximum atomic E-state index is 12.1. The van der Waals surface area contributed by atoms with Crippen LogP contribution < -0.4 is 4.72 Å². The van der Waals surface area contributed by atoms with Gasteiger partial charge in [-0.1, -0.05) is 45.8 Å². The molecule has 2 aromatic carbocycles. The zero-order chi connectivity index (χ0) is 15.3. The van der Waals surface area contributed by atoms with E-state index in [0.29, 0.717) is 11.4 Å². The summed E-state index contributed by atoms with van der Waals surface area (Å²) in [6.45, 7) is 2.49. The number of benzene rings is 2. The molecule has 0 aliphatic rings. The van der Waals surface area contributed by atoms with Crippen LogP contribution in [0, 0.1) is 6.92 Å². The number of nitrogens with one attached hydrogen (secondary N) is 1. The second-order valence-corrected chi connectivity index (χ2v) is 7.62. The molecular weight excluding hydrogens is 350 g/mol. The van der Waals surface area contributed by atoms with Crippen molar-refractivity contribution < 1.29 is 8.42 Å². The molecule has 1 N–H and O–H groups in total. The average molecular weight is 368 g/mol. The molecule has 0 aliphatic carbocycles. The summed E-state index contributed by atoms with van der Waals surface area (Å²) in [5.41, 5.74) is 2.46. The molecule has 112 valence electrons. The lowest BCUT2D eigenvalue weighted by Gasteiger charge is -2.07. The second-order valence-electron chi connectivity index (χ2n) is 4.94. The van der Waals surface area contributed by atoms with Crippen molar-refractivity contribution in [1.29, 1.82) is 0 Å². The summed E-state index contributed by atoms with van der Waals surface area (Å²) in [5.74, 6) is 0. The first-order valence-electron chi connectivity index (χ1n) is 6.78. The molecule has 0 atom stereocenters. The van der Waals surface area contributed by atoms with Crippen LogP contribution in [0.5, 0.6) is 0 Å². The van der Waals surface area contributed by atoms with E-state index in [1.807, 2.05) is 0 Å². The fraction of sp³-hybridized carbons (Fsp3) is 0.250. The topological polar surface area (TPSA) is 46.2 Å². The Morgan fingerprint density at radius 2 is 1.62 bits per heavy atom. The Bertz CT molecular complexity index is 679. The van der Waals surface area contributed by atoms with E-state index in [4.69, 9.17) is 0 Å². The van der Waals surface area contributed by atoms with Gasteiger partial charge in [0.05, 0.1) is 4.90 Å². The van der Waals surface area contributed by atoms with Gasteiger partial charge in [0, 0.05) is 11.0 Å². The van der Waals surface area contributed by atoms with Crippen LogP contribution in [-0.2, 0) is 16.4 Å². The lowest BCUT2D eigenvalue weighted by molar-refractivity contribution is 0.579. The number of rotatable bonds is 6. The molecular formula is C16H18BrNO2S. The van der Waals surface area contributed by atoms with Gasteiger partial charge in [0.1, 0.15) is 0 Å². The van der Waals surface area contributed by atoms with Gasteiger partial charge in [-0.05, 0) is 49.6 Å². The molecule has 0 heterocycles. The van der Waals surface area contributed by atoms with Crippen molar-refractivity contribution in [2.24, 2.45) is 0 Å². The van der Waals surface area contributed by atoms with Crippen molar-refractivity contribution in [3.05, 3.63) is 64.1 Å². The van der Waals surface area contributed by atoms with Crippen LogP contribution >= 0.6 is 15.9 Å². The first-order chi connectivity index (χ1) is 9.97. The van der Waals surface area contributed by atoms with Gasteiger partial charge in [-0.3, -0.25) is 0 Å². The van der Waals surface area contributed by atoms with Gasteiger partial charge in [0.15, 0.2) is 0 Å². The van der Waals surface area contributed by atoms with Crippen LogP contribution in [0.3, 0.4) is 0 Å². The van der Waals surface area contributed by atoms with Crippen LogP contribution in [0.2, 0.25) is 0 Å². The van der Waals surface area contributed by atoms with Crippen molar-refractivity contribution in [1.82, 2.24) is 4.72 Å². The summed E-state index contributed by atoms with van der Waals surface area (Å²) in [6, 6.07) is 14.9. The largest absolute Gasteiger partial charge is 0.240 e. The summed E-state index contributed by atoms with van der Waals surface area (Å²) in [4.78, 5) is 0.293. The minimum Gasteiger partial charge on any atom is -0.211 e. The van der Waals surface area contributed by atoms with Crippen molar-refractivity contribution in [3.63, 3.8) is 0 Å². The van der Waals surface area contributed by atoms with E-state index >= 15 is 0 Å². The van der Waals surface area contributed by atoms with E-state index in [0.717, 1.165) is 17.3 Å².